The van der Waals surface area contributed by atoms with Gasteiger partial charge in [-0.3, -0.25) is 4.79 Å². The highest BCUT2D eigenvalue weighted by atomic mass is 16.2. The van der Waals surface area contributed by atoms with Gasteiger partial charge in [-0.1, -0.05) is 0 Å². The molecule has 1 aliphatic heterocycles. The number of hydrogen-bond acceptors (Lipinski definition) is 4. The summed E-state index contributed by atoms with van der Waals surface area (Å²) in [6, 6.07) is 2.07. The van der Waals surface area contributed by atoms with Crippen LogP contribution in [-0.4, -0.2) is 61.1 Å². The topological polar surface area (TPSA) is 77.6 Å². The first-order valence-electron chi connectivity index (χ1n) is 9.25. The van der Waals surface area contributed by atoms with Crippen molar-refractivity contribution in [3.8, 4) is 0 Å². The Morgan fingerprint density at radius 2 is 1.69 bits per heavy atom. The Morgan fingerprint density at radius 3 is 2.27 bits per heavy atom. The fourth-order valence-electron chi connectivity index (χ4n) is 3.01. The van der Waals surface area contributed by atoms with Gasteiger partial charge in [0.15, 0.2) is 0 Å². The third kappa shape index (κ3) is 4.86. The lowest BCUT2D eigenvalue weighted by Gasteiger charge is -2.22. The molecule has 0 aromatic carbocycles. The largest absolute Gasteiger partial charge is 0.362 e. The standard InChI is InChI=1S/C19H31N5O2/c1-12(2)20-18(25)15-11-14-7-9-24(19(26)21-13(3)4)10-8-16(14)22-17(15)23(5)6/h11-13H,7-10H2,1-6H3,(H,20,25)(H,21,26). The van der Waals surface area contributed by atoms with Crippen LogP contribution in [0.15, 0.2) is 6.07 Å². The maximum atomic E-state index is 12.6. The van der Waals surface area contributed by atoms with Gasteiger partial charge in [-0.2, -0.15) is 0 Å². The summed E-state index contributed by atoms with van der Waals surface area (Å²) in [5.74, 6) is 0.555. The summed E-state index contributed by atoms with van der Waals surface area (Å²) >= 11 is 0. The Labute approximate surface area is 156 Å². The van der Waals surface area contributed by atoms with Crippen molar-refractivity contribution in [1.29, 1.82) is 0 Å². The second-order valence-corrected chi connectivity index (χ2v) is 7.58. The van der Waals surface area contributed by atoms with Crippen molar-refractivity contribution in [1.82, 2.24) is 20.5 Å². The molecule has 2 N–H and O–H groups in total. The summed E-state index contributed by atoms with van der Waals surface area (Å²) in [5, 5.41) is 5.89. The van der Waals surface area contributed by atoms with Crippen molar-refractivity contribution in [3.05, 3.63) is 22.9 Å². The first-order chi connectivity index (χ1) is 12.2. The molecule has 0 fully saturated rings. The molecule has 144 valence electrons. The number of fused-ring (bicyclic) bond motifs is 1. The molecular weight excluding hydrogens is 330 g/mol. The van der Waals surface area contributed by atoms with Crippen molar-refractivity contribution in [2.24, 2.45) is 0 Å². The van der Waals surface area contributed by atoms with Crippen LogP contribution in [-0.2, 0) is 12.8 Å². The molecule has 0 bridgehead atoms. The van der Waals surface area contributed by atoms with Gasteiger partial charge in [-0.25, -0.2) is 9.78 Å². The van der Waals surface area contributed by atoms with E-state index in [4.69, 9.17) is 4.98 Å². The van der Waals surface area contributed by atoms with E-state index in [9.17, 15) is 9.59 Å². The van der Waals surface area contributed by atoms with E-state index in [0.29, 0.717) is 37.3 Å². The van der Waals surface area contributed by atoms with Gasteiger partial charge in [0.25, 0.3) is 5.91 Å². The van der Waals surface area contributed by atoms with Crippen molar-refractivity contribution < 1.29 is 9.59 Å². The van der Waals surface area contributed by atoms with E-state index >= 15 is 0 Å². The number of amides is 3. The first-order valence-corrected chi connectivity index (χ1v) is 9.25. The predicted molar refractivity (Wildman–Crippen MR) is 104 cm³/mol. The summed E-state index contributed by atoms with van der Waals surface area (Å²) in [4.78, 5) is 33.4. The Hall–Kier alpha value is -2.31. The van der Waals surface area contributed by atoms with Crippen LogP contribution in [0.2, 0.25) is 0 Å². The summed E-state index contributed by atoms with van der Waals surface area (Å²) in [5.41, 5.74) is 2.60. The second kappa shape index (κ2) is 8.38. The summed E-state index contributed by atoms with van der Waals surface area (Å²) in [7, 11) is 3.78. The number of rotatable bonds is 4. The molecule has 26 heavy (non-hydrogen) atoms. The molecule has 0 spiro atoms. The number of nitrogens with zero attached hydrogens (tertiary/aromatic N) is 3. The molecule has 0 atom stereocenters. The molecule has 2 rings (SSSR count). The van der Waals surface area contributed by atoms with Gasteiger partial charge in [-0.15, -0.1) is 0 Å². The molecule has 7 heteroatoms. The van der Waals surface area contributed by atoms with Gasteiger partial charge in [0.1, 0.15) is 5.82 Å². The summed E-state index contributed by atoms with van der Waals surface area (Å²) < 4.78 is 0. The lowest BCUT2D eigenvalue weighted by molar-refractivity contribution is 0.0943. The van der Waals surface area contributed by atoms with Crippen molar-refractivity contribution in [2.45, 2.75) is 52.6 Å². The zero-order chi connectivity index (χ0) is 19.4. The minimum absolute atomic E-state index is 0.0431. The Morgan fingerprint density at radius 1 is 1.08 bits per heavy atom. The molecule has 1 aromatic heterocycles. The van der Waals surface area contributed by atoms with Gasteiger partial charge < -0.3 is 20.4 Å². The van der Waals surface area contributed by atoms with Crippen LogP contribution < -0.4 is 15.5 Å². The van der Waals surface area contributed by atoms with E-state index in [1.807, 2.05) is 57.7 Å². The van der Waals surface area contributed by atoms with Gasteiger partial charge in [-0.05, 0) is 45.7 Å². The number of anilines is 1. The van der Waals surface area contributed by atoms with Crippen LogP contribution in [0, 0.1) is 0 Å². The van der Waals surface area contributed by atoms with Gasteiger partial charge in [0.2, 0.25) is 0 Å². The predicted octanol–water partition coefficient (Wildman–Crippen LogP) is 1.80. The fraction of sp³-hybridized carbons (Fsp3) is 0.632. The second-order valence-electron chi connectivity index (χ2n) is 7.58. The van der Waals surface area contributed by atoms with Crippen LogP contribution in [0.25, 0.3) is 0 Å². The third-order valence-corrected chi connectivity index (χ3v) is 4.23. The van der Waals surface area contributed by atoms with E-state index in [1.165, 1.54) is 0 Å². The van der Waals surface area contributed by atoms with E-state index in [0.717, 1.165) is 11.3 Å². The Kier molecular flexibility index (Phi) is 6.45. The van der Waals surface area contributed by atoms with E-state index in [2.05, 4.69) is 10.6 Å². The zero-order valence-corrected chi connectivity index (χ0v) is 16.7. The molecule has 1 aromatic rings. The van der Waals surface area contributed by atoms with Crippen LogP contribution in [0.5, 0.6) is 0 Å². The highest BCUT2D eigenvalue weighted by Crippen LogP contribution is 2.23. The first kappa shape index (κ1) is 20.0. The number of urea groups is 1. The third-order valence-electron chi connectivity index (χ3n) is 4.23. The molecule has 0 unspecified atom stereocenters. The van der Waals surface area contributed by atoms with E-state index in [1.54, 1.807) is 0 Å². The average Bonchev–Trinajstić information content (AvgIpc) is 2.74. The summed E-state index contributed by atoms with van der Waals surface area (Å²) in [6.07, 6.45) is 1.39. The van der Waals surface area contributed by atoms with Crippen LogP contribution in [0.3, 0.4) is 0 Å². The maximum absolute atomic E-state index is 12.6. The average molecular weight is 361 g/mol. The molecular formula is C19H31N5O2. The minimum atomic E-state index is -0.113. The zero-order valence-electron chi connectivity index (χ0n) is 16.7. The minimum Gasteiger partial charge on any atom is -0.362 e. The molecule has 2 heterocycles. The number of nitrogens with one attached hydrogen (secondary N) is 2. The van der Waals surface area contributed by atoms with Crippen molar-refractivity contribution in [2.75, 3.05) is 32.1 Å². The number of aromatic nitrogens is 1. The molecule has 0 saturated heterocycles. The molecule has 0 radical (unpaired) electrons. The monoisotopic (exact) mass is 361 g/mol. The number of hydrogen-bond donors (Lipinski definition) is 2. The van der Waals surface area contributed by atoms with E-state index < -0.39 is 0 Å². The summed E-state index contributed by atoms with van der Waals surface area (Å²) in [6.45, 7) is 9.04. The highest BCUT2D eigenvalue weighted by Gasteiger charge is 2.24. The lowest BCUT2D eigenvalue weighted by Crippen LogP contribution is -2.44. The van der Waals surface area contributed by atoms with Crippen LogP contribution in [0.4, 0.5) is 10.6 Å². The van der Waals surface area contributed by atoms with Crippen LogP contribution in [0.1, 0.15) is 49.3 Å². The number of carbonyl (C=O) groups excluding carboxylic acids is 2. The highest BCUT2D eigenvalue weighted by molar-refractivity contribution is 5.99. The SMILES string of the molecule is CC(C)NC(=O)c1cc2c(nc1N(C)C)CCN(C(=O)NC(C)C)CC2. The number of carbonyl (C=O) groups is 2. The molecule has 3 amide bonds. The Balaban J connectivity index is 2.28. The fourth-order valence-corrected chi connectivity index (χ4v) is 3.01. The molecule has 0 aliphatic carbocycles. The molecule has 7 nitrogen and oxygen atoms in total. The molecule has 1 aliphatic rings. The van der Waals surface area contributed by atoms with Gasteiger partial charge in [0.05, 0.1) is 5.56 Å². The lowest BCUT2D eigenvalue weighted by atomic mass is 10.0. The smallest absolute Gasteiger partial charge is 0.317 e. The van der Waals surface area contributed by atoms with Crippen molar-refractivity contribution in [3.63, 3.8) is 0 Å². The Bertz CT molecular complexity index is 670. The molecule has 0 saturated carbocycles. The van der Waals surface area contributed by atoms with Crippen molar-refractivity contribution >= 4 is 17.8 Å². The van der Waals surface area contributed by atoms with E-state index in [-0.39, 0.29) is 24.0 Å². The van der Waals surface area contributed by atoms with Crippen LogP contribution >= 0.6 is 0 Å². The van der Waals surface area contributed by atoms with Gasteiger partial charge in [0, 0.05) is 51.4 Å². The quantitative estimate of drug-likeness (QED) is 0.857. The maximum Gasteiger partial charge on any atom is 0.317 e. The normalized spacial score (nSPS) is 14.1. The van der Waals surface area contributed by atoms with Gasteiger partial charge >= 0.3 is 6.03 Å². The number of pyridine rings is 1.